The summed E-state index contributed by atoms with van der Waals surface area (Å²) in [6, 6.07) is 7.71. The van der Waals surface area contributed by atoms with E-state index in [4.69, 9.17) is 10.5 Å². The molecule has 4 rings (SSSR count). The normalized spacial score (nSPS) is 18.1. The highest BCUT2D eigenvalue weighted by molar-refractivity contribution is 5.73. The summed E-state index contributed by atoms with van der Waals surface area (Å²) in [6.45, 7) is 1.39. The lowest BCUT2D eigenvalue weighted by molar-refractivity contribution is 0.0563. The van der Waals surface area contributed by atoms with Crippen molar-refractivity contribution in [3.8, 4) is 0 Å². The second-order valence-corrected chi connectivity index (χ2v) is 6.13. The number of hydrogen-bond donors (Lipinski definition) is 2. The number of anilines is 1. The first-order chi connectivity index (χ1) is 11.7. The van der Waals surface area contributed by atoms with Gasteiger partial charge in [-0.05, 0) is 30.5 Å². The van der Waals surface area contributed by atoms with Crippen molar-refractivity contribution in [2.45, 2.75) is 25.3 Å². The number of hydrogen-bond acceptors (Lipinski definition) is 5. The monoisotopic (exact) mass is 325 g/mol. The highest BCUT2D eigenvalue weighted by Gasteiger charge is 2.20. The minimum absolute atomic E-state index is 0.130. The third-order valence-electron chi connectivity index (χ3n) is 4.32. The van der Waals surface area contributed by atoms with Crippen LogP contribution in [0, 0.1) is 0 Å². The molecule has 0 bridgehead atoms. The quantitative estimate of drug-likeness (QED) is 0.713. The maximum Gasteiger partial charge on any atom is 0.262 e. The largest absolute Gasteiger partial charge is 0.399 e. The van der Waals surface area contributed by atoms with Gasteiger partial charge in [-0.15, -0.1) is 0 Å². The molecule has 24 heavy (non-hydrogen) atoms. The van der Waals surface area contributed by atoms with Crippen LogP contribution in [0.2, 0.25) is 0 Å². The van der Waals surface area contributed by atoms with E-state index in [0.717, 1.165) is 25.0 Å². The third kappa shape index (κ3) is 2.78. The van der Waals surface area contributed by atoms with Gasteiger partial charge in [-0.25, -0.2) is 9.67 Å². The number of aromatic nitrogens is 4. The molecule has 1 aliphatic heterocycles. The molecule has 1 aliphatic rings. The number of H-pyrrole nitrogens is 1. The molecular weight excluding hydrogens is 306 g/mol. The number of rotatable bonds is 3. The third-order valence-corrected chi connectivity index (χ3v) is 4.32. The van der Waals surface area contributed by atoms with Gasteiger partial charge in [-0.3, -0.25) is 4.79 Å². The molecule has 1 saturated heterocycles. The van der Waals surface area contributed by atoms with Crippen molar-refractivity contribution < 1.29 is 4.74 Å². The van der Waals surface area contributed by atoms with Gasteiger partial charge in [-0.1, -0.05) is 12.1 Å². The van der Waals surface area contributed by atoms with Crippen LogP contribution in [0.15, 0.2) is 35.3 Å². The number of nitrogens with zero attached hydrogens (tertiary/aromatic N) is 3. The SMILES string of the molecule is Nc1cccc(Cc2nc3c(cnn3C3CCCOC3)c(=O)[nH]2)c1. The summed E-state index contributed by atoms with van der Waals surface area (Å²) in [5.74, 6) is 0.608. The molecule has 1 unspecified atom stereocenters. The molecule has 2 aromatic heterocycles. The first-order valence-electron chi connectivity index (χ1n) is 8.09. The maximum atomic E-state index is 12.3. The van der Waals surface area contributed by atoms with E-state index in [2.05, 4.69) is 15.1 Å². The number of nitrogens with one attached hydrogen (secondary N) is 1. The molecule has 0 saturated carbocycles. The van der Waals surface area contributed by atoms with Gasteiger partial charge >= 0.3 is 0 Å². The first kappa shape index (κ1) is 14.9. The van der Waals surface area contributed by atoms with Crippen molar-refractivity contribution in [1.82, 2.24) is 19.7 Å². The van der Waals surface area contributed by atoms with Crippen molar-refractivity contribution in [1.29, 1.82) is 0 Å². The van der Waals surface area contributed by atoms with Crippen LogP contribution >= 0.6 is 0 Å². The molecular formula is C17H19N5O2. The predicted octanol–water partition coefficient (Wildman–Crippen LogP) is 1.64. The molecule has 0 amide bonds. The van der Waals surface area contributed by atoms with E-state index < -0.39 is 0 Å². The minimum Gasteiger partial charge on any atom is -0.399 e. The number of nitrogen functional groups attached to an aromatic ring is 1. The molecule has 3 N–H and O–H groups in total. The van der Waals surface area contributed by atoms with Crippen LogP contribution in [0.25, 0.3) is 11.0 Å². The summed E-state index contributed by atoms with van der Waals surface area (Å²) < 4.78 is 7.36. The van der Waals surface area contributed by atoms with Gasteiger partial charge < -0.3 is 15.5 Å². The number of aromatic amines is 1. The standard InChI is InChI=1S/C17H19N5O2/c18-12-4-1-3-11(7-12)8-15-20-16-14(17(23)21-15)9-19-22(16)13-5-2-6-24-10-13/h1,3-4,7,9,13H,2,5-6,8,10,18H2,(H,20,21,23). The zero-order valence-corrected chi connectivity index (χ0v) is 13.2. The highest BCUT2D eigenvalue weighted by Crippen LogP contribution is 2.22. The Labute approximate surface area is 138 Å². The summed E-state index contributed by atoms with van der Waals surface area (Å²) in [5, 5.41) is 4.89. The summed E-state index contributed by atoms with van der Waals surface area (Å²) in [5.41, 5.74) is 7.97. The molecule has 7 heteroatoms. The van der Waals surface area contributed by atoms with Gasteiger partial charge in [0, 0.05) is 18.7 Å². The second-order valence-electron chi connectivity index (χ2n) is 6.13. The minimum atomic E-state index is -0.165. The van der Waals surface area contributed by atoms with E-state index in [1.165, 1.54) is 0 Å². The lowest BCUT2D eigenvalue weighted by atomic mass is 10.1. The van der Waals surface area contributed by atoms with Crippen LogP contribution in [-0.2, 0) is 11.2 Å². The molecule has 1 atom stereocenters. The van der Waals surface area contributed by atoms with Gasteiger partial charge in [0.2, 0.25) is 0 Å². The molecule has 1 fully saturated rings. The van der Waals surface area contributed by atoms with E-state index in [1.807, 2.05) is 28.9 Å². The molecule has 124 valence electrons. The Kier molecular flexibility index (Phi) is 3.78. The van der Waals surface area contributed by atoms with E-state index in [1.54, 1.807) is 6.20 Å². The fourth-order valence-electron chi connectivity index (χ4n) is 3.15. The lowest BCUT2D eigenvalue weighted by Gasteiger charge is -2.22. The van der Waals surface area contributed by atoms with E-state index in [9.17, 15) is 4.79 Å². The van der Waals surface area contributed by atoms with Gasteiger partial charge in [0.15, 0.2) is 5.65 Å². The molecule has 3 aromatic rings. The highest BCUT2D eigenvalue weighted by atomic mass is 16.5. The summed E-state index contributed by atoms with van der Waals surface area (Å²) >= 11 is 0. The Hall–Kier alpha value is -2.67. The number of benzene rings is 1. The Morgan fingerprint density at radius 3 is 3.12 bits per heavy atom. The van der Waals surface area contributed by atoms with Crippen molar-refractivity contribution in [3.05, 3.63) is 52.2 Å². The summed E-state index contributed by atoms with van der Waals surface area (Å²) in [4.78, 5) is 19.8. The average Bonchev–Trinajstić information content (AvgIpc) is 3.00. The van der Waals surface area contributed by atoms with Crippen molar-refractivity contribution in [2.24, 2.45) is 0 Å². The molecule has 1 aromatic carbocycles. The Morgan fingerprint density at radius 1 is 1.42 bits per heavy atom. The van der Waals surface area contributed by atoms with E-state index in [-0.39, 0.29) is 11.6 Å². The van der Waals surface area contributed by atoms with Crippen LogP contribution in [0.5, 0.6) is 0 Å². The fourth-order valence-corrected chi connectivity index (χ4v) is 3.15. The van der Waals surface area contributed by atoms with Crippen LogP contribution in [0.1, 0.15) is 30.3 Å². The number of fused-ring (bicyclic) bond motifs is 1. The van der Waals surface area contributed by atoms with Crippen LogP contribution < -0.4 is 11.3 Å². The second kappa shape index (κ2) is 6.09. The van der Waals surface area contributed by atoms with Gasteiger partial charge in [0.25, 0.3) is 5.56 Å². The Morgan fingerprint density at radius 2 is 2.33 bits per heavy atom. The van der Waals surface area contributed by atoms with Gasteiger partial charge in [0.05, 0.1) is 18.8 Å². The zero-order valence-electron chi connectivity index (χ0n) is 13.2. The molecule has 0 radical (unpaired) electrons. The van der Waals surface area contributed by atoms with Crippen molar-refractivity contribution in [2.75, 3.05) is 18.9 Å². The van der Waals surface area contributed by atoms with Crippen molar-refractivity contribution in [3.63, 3.8) is 0 Å². The van der Waals surface area contributed by atoms with Crippen LogP contribution in [-0.4, -0.2) is 33.0 Å². The van der Waals surface area contributed by atoms with E-state index in [0.29, 0.717) is 35.6 Å². The average molecular weight is 325 g/mol. The summed E-state index contributed by atoms with van der Waals surface area (Å²) in [6.07, 6.45) is 4.07. The topological polar surface area (TPSA) is 98.8 Å². The smallest absolute Gasteiger partial charge is 0.262 e. The molecule has 7 nitrogen and oxygen atoms in total. The Bertz CT molecular complexity index is 924. The Balaban J connectivity index is 1.73. The lowest BCUT2D eigenvalue weighted by Crippen LogP contribution is -2.23. The fraction of sp³-hybridized carbons (Fsp3) is 0.353. The van der Waals surface area contributed by atoms with Crippen LogP contribution in [0.3, 0.4) is 0 Å². The first-order valence-corrected chi connectivity index (χ1v) is 8.09. The predicted molar refractivity (Wildman–Crippen MR) is 90.9 cm³/mol. The van der Waals surface area contributed by atoms with Gasteiger partial charge in [-0.2, -0.15) is 5.10 Å². The van der Waals surface area contributed by atoms with Crippen LogP contribution in [0.4, 0.5) is 5.69 Å². The van der Waals surface area contributed by atoms with Crippen molar-refractivity contribution >= 4 is 16.7 Å². The number of ether oxygens (including phenoxy) is 1. The van der Waals surface area contributed by atoms with E-state index >= 15 is 0 Å². The maximum absolute atomic E-state index is 12.3. The number of nitrogens with two attached hydrogens (primary N) is 1. The molecule has 0 spiro atoms. The van der Waals surface area contributed by atoms with Gasteiger partial charge in [0.1, 0.15) is 11.2 Å². The zero-order chi connectivity index (χ0) is 16.5. The summed E-state index contributed by atoms with van der Waals surface area (Å²) in [7, 11) is 0. The molecule has 3 heterocycles. The molecule has 0 aliphatic carbocycles.